The first kappa shape index (κ1) is 14.9. The van der Waals surface area contributed by atoms with Gasteiger partial charge in [-0.1, -0.05) is 13.8 Å². The summed E-state index contributed by atoms with van der Waals surface area (Å²) in [6, 6.07) is 0. The van der Waals surface area contributed by atoms with E-state index in [0.717, 1.165) is 0 Å². The summed E-state index contributed by atoms with van der Waals surface area (Å²) in [7, 11) is 0. The molecule has 1 aliphatic rings. The van der Waals surface area contributed by atoms with E-state index < -0.39 is 22.8 Å². The third-order valence-electron chi connectivity index (χ3n) is 4.12. The van der Waals surface area contributed by atoms with Crippen LogP contribution in [0.3, 0.4) is 0 Å². The summed E-state index contributed by atoms with van der Waals surface area (Å²) in [6.45, 7) is 5.98. The smallest absolute Gasteiger partial charge is 0.330 e. The Kier molecular flexibility index (Phi) is 3.84. The maximum Gasteiger partial charge on any atom is 0.330 e. The average Bonchev–Trinajstić information content (AvgIpc) is 2.90. The third-order valence-corrected chi connectivity index (χ3v) is 4.71. The first-order valence-electron chi connectivity index (χ1n) is 6.41. The molecule has 7 heteroatoms. The van der Waals surface area contributed by atoms with Crippen molar-refractivity contribution < 1.29 is 19.4 Å². The number of carboxylic acids is 1. The number of nitrogens with zero attached hydrogens (tertiary/aromatic N) is 1. The van der Waals surface area contributed by atoms with Crippen molar-refractivity contribution in [2.45, 2.75) is 38.8 Å². The van der Waals surface area contributed by atoms with Crippen LogP contribution in [0, 0.1) is 5.41 Å². The van der Waals surface area contributed by atoms with Gasteiger partial charge in [-0.25, -0.2) is 9.78 Å². The normalized spacial score (nSPS) is 27.6. The number of ether oxygens (including phenoxy) is 1. The highest BCUT2D eigenvalue weighted by atomic mass is 32.1. The molecule has 2 rings (SSSR count). The van der Waals surface area contributed by atoms with E-state index in [1.165, 1.54) is 16.8 Å². The third kappa shape index (κ3) is 2.10. The summed E-state index contributed by atoms with van der Waals surface area (Å²) in [5, 5.41) is 13.8. The van der Waals surface area contributed by atoms with E-state index in [9.17, 15) is 14.7 Å². The van der Waals surface area contributed by atoms with Crippen molar-refractivity contribution in [2.24, 2.45) is 5.41 Å². The number of aliphatic carboxylic acids is 1. The van der Waals surface area contributed by atoms with Crippen LogP contribution in [0.25, 0.3) is 0 Å². The van der Waals surface area contributed by atoms with E-state index in [1.54, 1.807) is 19.2 Å². The molecule has 1 fully saturated rings. The molecule has 0 radical (unpaired) electrons. The summed E-state index contributed by atoms with van der Waals surface area (Å²) in [5.74, 6) is -1.50. The average molecular weight is 298 g/mol. The van der Waals surface area contributed by atoms with E-state index in [0.29, 0.717) is 6.61 Å². The molecule has 0 spiro atoms. The second-order valence-corrected chi connectivity index (χ2v) is 6.13. The number of carbonyl (C=O) groups excluding carboxylic acids is 1. The highest BCUT2D eigenvalue weighted by Gasteiger charge is 2.66. The Hall–Kier alpha value is -1.47. The van der Waals surface area contributed by atoms with Gasteiger partial charge in [-0.15, -0.1) is 11.3 Å². The van der Waals surface area contributed by atoms with E-state index in [1.807, 2.05) is 6.92 Å². The number of carboxylic acid groups (broad SMARTS) is 1. The number of carbonyl (C=O) groups is 2. The molecular weight excluding hydrogens is 280 g/mol. The molecule has 110 valence electrons. The van der Waals surface area contributed by atoms with Crippen molar-refractivity contribution in [1.29, 1.82) is 0 Å². The van der Waals surface area contributed by atoms with E-state index in [-0.39, 0.29) is 18.2 Å². The largest absolute Gasteiger partial charge is 0.479 e. The maximum absolute atomic E-state index is 12.1. The van der Waals surface area contributed by atoms with Gasteiger partial charge in [0, 0.05) is 23.8 Å². The highest BCUT2D eigenvalue weighted by molar-refractivity contribution is 7.07. The fourth-order valence-corrected chi connectivity index (χ4v) is 3.15. The number of aromatic nitrogens is 1. The fraction of sp³-hybridized carbons (Fsp3) is 0.615. The van der Waals surface area contributed by atoms with Crippen LogP contribution in [0.4, 0.5) is 0 Å². The Balaban J connectivity index is 2.21. The SMILES string of the molecule is CCO[C@H]1C[C@@](NC(=O)c2cscn2)(C(=O)O)C1(C)C. The second-order valence-electron chi connectivity index (χ2n) is 5.41. The van der Waals surface area contributed by atoms with Crippen molar-refractivity contribution in [3.8, 4) is 0 Å². The van der Waals surface area contributed by atoms with Gasteiger partial charge in [0.1, 0.15) is 11.2 Å². The first-order valence-corrected chi connectivity index (χ1v) is 7.35. The van der Waals surface area contributed by atoms with Crippen LogP contribution in [-0.2, 0) is 9.53 Å². The topological polar surface area (TPSA) is 88.5 Å². The van der Waals surface area contributed by atoms with Gasteiger partial charge in [0.15, 0.2) is 0 Å². The number of hydrogen-bond acceptors (Lipinski definition) is 5. The van der Waals surface area contributed by atoms with Crippen molar-refractivity contribution in [1.82, 2.24) is 10.3 Å². The Morgan fingerprint density at radius 3 is 2.75 bits per heavy atom. The Morgan fingerprint density at radius 2 is 2.30 bits per heavy atom. The van der Waals surface area contributed by atoms with Crippen LogP contribution >= 0.6 is 11.3 Å². The van der Waals surface area contributed by atoms with Gasteiger partial charge in [0.05, 0.1) is 11.6 Å². The minimum atomic E-state index is -1.31. The van der Waals surface area contributed by atoms with E-state index in [2.05, 4.69) is 10.3 Å². The zero-order valence-electron chi connectivity index (χ0n) is 11.7. The van der Waals surface area contributed by atoms with Crippen LogP contribution in [0.1, 0.15) is 37.7 Å². The lowest BCUT2D eigenvalue weighted by Gasteiger charge is -2.58. The molecule has 2 N–H and O–H groups in total. The van der Waals surface area contributed by atoms with Crippen LogP contribution in [0.15, 0.2) is 10.9 Å². The summed E-state index contributed by atoms with van der Waals surface area (Å²) >= 11 is 1.29. The number of amides is 1. The molecule has 1 aromatic rings. The van der Waals surface area contributed by atoms with Crippen LogP contribution in [0.2, 0.25) is 0 Å². The van der Waals surface area contributed by atoms with E-state index >= 15 is 0 Å². The summed E-state index contributed by atoms with van der Waals surface area (Å²) in [5.41, 5.74) is -0.211. The number of hydrogen-bond donors (Lipinski definition) is 2. The minimum absolute atomic E-state index is 0.181. The molecular formula is C13H18N2O4S. The molecule has 1 aliphatic carbocycles. The van der Waals surface area contributed by atoms with Gasteiger partial charge in [-0.3, -0.25) is 4.79 Å². The molecule has 20 heavy (non-hydrogen) atoms. The van der Waals surface area contributed by atoms with E-state index in [4.69, 9.17) is 4.74 Å². The Bertz CT molecular complexity index is 514. The molecule has 0 aliphatic heterocycles. The number of rotatable bonds is 5. The molecule has 0 saturated heterocycles. The van der Waals surface area contributed by atoms with Crippen molar-refractivity contribution >= 4 is 23.2 Å². The lowest BCUT2D eigenvalue weighted by Crippen LogP contribution is -2.76. The van der Waals surface area contributed by atoms with Gasteiger partial charge < -0.3 is 15.2 Å². The van der Waals surface area contributed by atoms with Gasteiger partial charge in [-0.2, -0.15) is 0 Å². The number of nitrogens with one attached hydrogen (secondary N) is 1. The predicted octanol–water partition coefficient (Wildman–Crippen LogP) is 1.53. The molecule has 6 nitrogen and oxygen atoms in total. The summed E-state index contributed by atoms with van der Waals surface area (Å²) in [6.07, 6.45) is 0.0818. The second kappa shape index (κ2) is 5.14. The Labute approximate surface area is 121 Å². The van der Waals surface area contributed by atoms with Crippen molar-refractivity contribution in [3.63, 3.8) is 0 Å². The number of thiazole rings is 1. The van der Waals surface area contributed by atoms with Gasteiger partial charge >= 0.3 is 5.97 Å². The molecule has 1 heterocycles. The minimum Gasteiger partial charge on any atom is -0.479 e. The zero-order chi connectivity index (χ0) is 15.0. The standard InChI is InChI=1S/C13H18N2O4S/c1-4-19-9-5-13(11(17)18,12(9,2)3)15-10(16)8-6-20-7-14-8/h6-7,9H,4-5H2,1-3H3,(H,15,16)(H,17,18)/t9-,13+/m0/s1. The quantitative estimate of drug-likeness (QED) is 0.860. The lowest BCUT2D eigenvalue weighted by atomic mass is 9.54. The van der Waals surface area contributed by atoms with Crippen LogP contribution < -0.4 is 5.32 Å². The van der Waals surface area contributed by atoms with Crippen LogP contribution in [0.5, 0.6) is 0 Å². The monoisotopic (exact) mass is 298 g/mol. The molecule has 2 atom stereocenters. The van der Waals surface area contributed by atoms with Gasteiger partial charge in [0.25, 0.3) is 5.91 Å². The molecule has 1 saturated carbocycles. The molecule has 0 unspecified atom stereocenters. The van der Waals surface area contributed by atoms with Crippen LogP contribution in [-0.4, -0.2) is 40.2 Å². The zero-order valence-corrected chi connectivity index (χ0v) is 12.5. The summed E-state index contributed by atoms with van der Waals surface area (Å²) in [4.78, 5) is 27.7. The van der Waals surface area contributed by atoms with Crippen molar-refractivity contribution in [3.05, 3.63) is 16.6 Å². The Morgan fingerprint density at radius 1 is 1.60 bits per heavy atom. The first-order chi connectivity index (χ1) is 9.35. The molecule has 1 aromatic heterocycles. The summed E-state index contributed by atoms with van der Waals surface area (Å²) < 4.78 is 5.54. The predicted molar refractivity (Wildman–Crippen MR) is 73.8 cm³/mol. The maximum atomic E-state index is 12.1. The highest BCUT2D eigenvalue weighted by Crippen LogP contribution is 2.51. The van der Waals surface area contributed by atoms with Crippen molar-refractivity contribution in [2.75, 3.05) is 6.61 Å². The molecule has 0 bridgehead atoms. The lowest BCUT2D eigenvalue weighted by molar-refractivity contribution is -0.190. The molecule has 0 aromatic carbocycles. The molecule has 1 amide bonds. The fourth-order valence-electron chi connectivity index (χ4n) is 2.62. The van der Waals surface area contributed by atoms with Gasteiger partial charge in [0.2, 0.25) is 0 Å². The van der Waals surface area contributed by atoms with Gasteiger partial charge in [-0.05, 0) is 6.92 Å².